The van der Waals surface area contributed by atoms with Gasteiger partial charge in [-0.2, -0.15) is 0 Å². The molecule has 0 saturated heterocycles. The summed E-state index contributed by atoms with van der Waals surface area (Å²) in [5, 5.41) is 3.52. The van der Waals surface area contributed by atoms with E-state index in [0.717, 1.165) is 22.6 Å². The summed E-state index contributed by atoms with van der Waals surface area (Å²) in [5.74, 6) is 0.906. The van der Waals surface area contributed by atoms with Gasteiger partial charge < -0.3 is 10.1 Å². The van der Waals surface area contributed by atoms with Gasteiger partial charge in [-0.05, 0) is 50.5 Å². The molecule has 0 aromatic heterocycles. The number of hydrogen-bond donors (Lipinski definition) is 1. The first kappa shape index (κ1) is 19.8. The highest BCUT2D eigenvalue weighted by atomic mass is 16.5. The smallest absolute Gasteiger partial charge is 0.125 e. The molecule has 0 atom stereocenters. The first-order valence-electron chi connectivity index (χ1n) is 9.70. The molecule has 3 aromatic carbocycles. The van der Waals surface area contributed by atoms with Crippen LogP contribution in [0.1, 0.15) is 37.5 Å². The Morgan fingerprint density at radius 1 is 0.893 bits per heavy atom. The minimum absolute atomic E-state index is 0.233. The van der Waals surface area contributed by atoms with Gasteiger partial charge in [-0.25, -0.2) is 0 Å². The van der Waals surface area contributed by atoms with Crippen molar-refractivity contribution in [3.63, 3.8) is 0 Å². The Labute approximate surface area is 168 Å². The Kier molecular flexibility index (Phi) is 5.89. The maximum Gasteiger partial charge on any atom is 0.125 e. The van der Waals surface area contributed by atoms with Crippen LogP contribution in [0.4, 0.5) is 0 Å². The summed E-state index contributed by atoms with van der Waals surface area (Å²) in [7, 11) is 0. The number of hydrogen-bond acceptors (Lipinski definition) is 2. The number of para-hydroxylation sites is 1. The molecule has 0 unspecified atom stereocenters. The van der Waals surface area contributed by atoms with Gasteiger partial charge in [-0.15, -0.1) is 0 Å². The van der Waals surface area contributed by atoms with Gasteiger partial charge in [0.05, 0.1) is 0 Å². The molecule has 0 aliphatic carbocycles. The predicted molar refractivity (Wildman–Crippen MR) is 119 cm³/mol. The first-order valence-corrected chi connectivity index (χ1v) is 9.70. The number of rotatable bonds is 6. The molecule has 0 radical (unpaired) electrons. The molecule has 0 heterocycles. The molecule has 1 N–H and O–H groups in total. The lowest BCUT2D eigenvalue weighted by atomic mass is 9.94. The summed E-state index contributed by atoms with van der Waals surface area (Å²) in [4.78, 5) is 0. The Bertz CT molecular complexity index is 952. The lowest BCUT2D eigenvalue weighted by Crippen LogP contribution is -2.24. The third kappa shape index (κ3) is 4.83. The quantitative estimate of drug-likeness (QED) is 0.527. The molecule has 2 nitrogen and oxygen atoms in total. The molecular weight excluding hydrogens is 342 g/mol. The monoisotopic (exact) mass is 371 g/mol. The Morgan fingerprint density at radius 3 is 2.29 bits per heavy atom. The second kappa shape index (κ2) is 8.35. The van der Waals surface area contributed by atoms with Crippen molar-refractivity contribution in [2.75, 3.05) is 0 Å². The summed E-state index contributed by atoms with van der Waals surface area (Å²) < 4.78 is 6.12. The van der Waals surface area contributed by atoms with Crippen LogP contribution in [0.3, 0.4) is 0 Å². The van der Waals surface area contributed by atoms with Crippen molar-refractivity contribution in [1.82, 2.24) is 5.32 Å². The fourth-order valence-electron chi connectivity index (χ4n) is 3.30. The highest BCUT2D eigenvalue weighted by molar-refractivity contribution is 5.81. The molecule has 0 spiro atoms. The van der Waals surface area contributed by atoms with Crippen molar-refractivity contribution in [3.05, 3.63) is 96.1 Å². The lowest BCUT2D eigenvalue weighted by molar-refractivity contribution is 0.129. The topological polar surface area (TPSA) is 21.3 Å². The van der Waals surface area contributed by atoms with Crippen LogP contribution in [0, 0.1) is 6.92 Å². The molecule has 0 saturated carbocycles. The molecule has 28 heavy (non-hydrogen) atoms. The van der Waals surface area contributed by atoms with Crippen LogP contribution in [0.5, 0.6) is 5.75 Å². The molecular formula is C26H29NO. The SMILES string of the molecule is C=C(NCc1ccccc1OC(C)(C)C)c1c(C)cccc1-c1ccccc1. The molecule has 3 aromatic rings. The zero-order valence-electron chi connectivity index (χ0n) is 17.3. The Balaban J connectivity index is 1.84. The standard InChI is InChI=1S/C26H29NO/c1-19-12-11-16-23(21-13-7-6-8-14-21)25(19)20(2)27-18-22-15-9-10-17-24(22)28-26(3,4)5/h6-17,27H,2,18H2,1,3-5H3. The van der Waals surface area contributed by atoms with Gasteiger partial charge in [-0.3, -0.25) is 0 Å². The van der Waals surface area contributed by atoms with Crippen LogP contribution in [-0.2, 0) is 6.54 Å². The zero-order valence-corrected chi connectivity index (χ0v) is 17.3. The van der Waals surface area contributed by atoms with Gasteiger partial charge in [0.25, 0.3) is 0 Å². The number of aryl methyl sites for hydroxylation is 1. The summed E-state index contributed by atoms with van der Waals surface area (Å²) in [6, 6.07) is 25.0. The maximum absolute atomic E-state index is 6.12. The minimum Gasteiger partial charge on any atom is -0.488 e. The van der Waals surface area contributed by atoms with Gasteiger partial charge in [0.15, 0.2) is 0 Å². The van der Waals surface area contributed by atoms with Gasteiger partial charge >= 0.3 is 0 Å². The van der Waals surface area contributed by atoms with Crippen LogP contribution in [0.2, 0.25) is 0 Å². The van der Waals surface area contributed by atoms with Gasteiger partial charge in [0.2, 0.25) is 0 Å². The molecule has 0 aliphatic heterocycles. The van der Waals surface area contributed by atoms with Crippen LogP contribution in [0.25, 0.3) is 16.8 Å². The zero-order chi connectivity index (χ0) is 20.1. The fraction of sp³-hybridized carbons (Fsp3) is 0.231. The van der Waals surface area contributed by atoms with E-state index in [4.69, 9.17) is 4.74 Å². The van der Waals surface area contributed by atoms with E-state index in [0.29, 0.717) is 6.54 Å². The maximum atomic E-state index is 6.12. The van der Waals surface area contributed by atoms with Crippen molar-refractivity contribution in [1.29, 1.82) is 0 Å². The van der Waals surface area contributed by atoms with E-state index in [9.17, 15) is 0 Å². The van der Waals surface area contributed by atoms with E-state index < -0.39 is 0 Å². The third-order valence-corrected chi connectivity index (χ3v) is 4.54. The van der Waals surface area contributed by atoms with Gasteiger partial charge in [0.1, 0.15) is 11.4 Å². The van der Waals surface area contributed by atoms with Crippen LogP contribution in [-0.4, -0.2) is 5.60 Å². The average Bonchev–Trinajstić information content (AvgIpc) is 2.66. The molecule has 0 fully saturated rings. The van der Waals surface area contributed by atoms with Crippen molar-refractivity contribution in [2.45, 2.75) is 39.8 Å². The number of ether oxygens (including phenoxy) is 1. The summed E-state index contributed by atoms with van der Waals surface area (Å²) in [6.45, 7) is 13.3. The second-order valence-electron chi connectivity index (χ2n) is 8.02. The largest absolute Gasteiger partial charge is 0.488 e. The predicted octanol–water partition coefficient (Wildman–Crippen LogP) is 6.60. The molecule has 3 rings (SSSR count). The van der Waals surface area contributed by atoms with E-state index in [1.807, 2.05) is 24.3 Å². The van der Waals surface area contributed by atoms with Crippen LogP contribution < -0.4 is 10.1 Å². The molecule has 0 amide bonds. The van der Waals surface area contributed by atoms with E-state index in [-0.39, 0.29) is 5.60 Å². The highest BCUT2D eigenvalue weighted by Crippen LogP contribution is 2.30. The lowest BCUT2D eigenvalue weighted by Gasteiger charge is -2.24. The van der Waals surface area contributed by atoms with Crippen molar-refractivity contribution >= 4 is 5.70 Å². The first-order chi connectivity index (χ1) is 13.3. The van der Waals surface area contributed by atoms with Crippen LogP contribution in [0.15, 0.2) is 79.4 Å². The average molecular weight is 372 g/mol. The summed E-state index contributed by atoms with van der Waals surface area (Å²) in [5.41, 5.74) is 6.55. The normalized spacial score (nSPS) is 11.1. The van der Waals surface area contributed by atoms with E-state index >= 15 is 0 Å². The number of nitrogens with one attached hydrogen (secondary N) is 1. The van der Waals surface area contributed by atoms with Crippen molar-refractivity contribution in [3.8, 4) is 16.9 Å². The van der Waals surface area contributed by atoms with Crippen molar-refractivity contribution < 1.29 is 4.74 Å². The highest BCUT2D eigenvalue weighted by Gasteiger charge is 2.15. The van der Waals surface area contributed by atoms with Crippen LogP contribution >= 0.6 is 0 Å². The Morgan fingerprint density at radius 2 is 1.57 bits per heavy atom. The molecule has 0 aliphatic rings. The molecule has 0 bridgehead atoms. The third-order valence-electron chi connectivity index (χ3n) is 4.54. The molecule has 144 valence electrons. The minimum atomic E-state index is -0.233. The van der Waals surface area contributed by atoms with E-state index in [2.05, 4.69) is 88.1 Å². The number of benzene rings is 3. The summed E-state index contributed by atoms with van der Waals surface area (Å²) in [6.07, 6.45) is 0. The van der Waals surface area contributed by atoms with E-state index in [1.54, 1.807) is 0 Å². The molecule has 2 heteroatoms. The second-order valence-corrected chi connectivity index (χ2v) is 8.02. The fourth-order valence-corrected chi connectivity index (χ4v) is 3.30. The van der Waals surface area contributed by atoms with Gasteiger partial charge in [0, 0.05) is 23.4 Å². The summed E-state index contributed by atoms with van der Waals surface area (Å²) >= 11 is 0. The van der Waals surface area contributed by atoms with Gasteiger partial charge in [-0.1, -0.05) is 73.3 Å². The van der Waals surface area contributed by atoms with Crippen molar-refractivity contribution in [2.24, 2.45) is 0 Å². The van der Waals surface area contributed by atoms with E-state index in [1.165, 1.54) is 16.7 Å². The Hall–Kier alpha value is -3.00.